The lowest BCUT2D eigenvalue weighted by Crippen LogP contribution is -2.37. The summed E-state index contributed by atoms with van der Waals surface area (Å²) in [6.45, 7) is 8.72. The van der Waals surface area contributed by atoms with Crippen molar-refractivity contribution in [3.63, 3.8) is 0 Å². The van der Waals surface area contributed by atoms with Crippen LogP contribution in [0.5, 0.6) is 0 Å². The summed E-state index contributed by atoms with van der Waals surface area (Å²) in [5.74, 6) is 0. The number of aromatic nitrogens is 1. The Hall–Kier alpha value is -0.930. The molecule has 0 bridgehead atoms. The van der Waals surface area contributed by atoms with E-state index in [1.165, 1.54) is 37.9 Å². The van der Waals surface area contributed by atoms with Crippen LogP contribution in [0, 0.1) is 5.41 Å². The fourth-order valence-electron chi connectivity index (χ4n) is 2.60. The molecule has 0 aliphatic carbocycles. The summed E-state index contributed by atoms with van der Waals surface area (Å²) in [4.78, 5) is 6.79. The third-order valence-electron chi connectivity index (χ3n) is 4.41. The number of likely N-dealkylation sites (tertiary alicyclic amines) is 1. The van der Waals surface area contributed by atoms with Gasteiger partial charge in [0.05, 0.1) is 5.69 Å². The van der Waals surface area contributed by atoms with Crippen LogP contribution in [-0.2, 0) is 13.1 Å². The number of pyridine rings is 1. The first kappa shape index (κ1) is 13.5. The number of piperidine rings is 1. The fraction of sp³-hybridized carbons (Fsp3) is 0.667. The molecule has 1 aliphatic rings. The van der Waals surface area contributed by atoms with Gasteiger partial charge in [-0.3, -0.25) is 9.88 Å². The minimum absolute atomic E-state index is 0.530. The van der Waals surface area contributed by atoms with Gasteiger partial charge in [-0.1, -0.05) is 20.3 Å². The van der Waals surface area contributed by atoms with Gasteiger partial charge in [-0.2, -0.15) is 0 Å². The highest BCUT2D eigenvalue weighted by molar-refractivity contribution is 5.16. The minimum Gasteiger partial charge on any atom is -0.325 e. The molecular formula is C15H25N3. The number of nitrogens with zero attached hydrogens (tertiary/aromatic N) is 2. The summed E-state index contributed by atoms with van der Waals surface area (Å²) in [5, 5.41) is 0. The van der Waals surface area contributed by atoms with Crippen molar-refractivity contribution in [2.75, 3.05) is 13.1 Å². The molecule has 0 unspecified atom stereocenters. The molecule has 2 N–H and O–H groups in total. The first-order chi connectivity index (χ1) is 8.65. The average molecular weight is 247 g/mol. The smallest absolute Gasteiger partial charge is 0.0542 e. The van der Waals surface area contributed by atoms with Crippen molar-refractivity contribution in [3.8, 4) is 0 Å². The Morgan fingerprint density at radius 2 is 2.11 bits per heavy atom. The second-order valence-electron chi connectivity index (χ2n) is 5.80. The van der Waals surface area contributed by atoms with Gasteiger partial charge in [0.2, 0.25) is 0 Å². The van der Waals surface area contributed by atoms with Crippen molar-refractivity contribution in [2.45, 2.75) is 46.2 Å². The molecule has 1 aliphatic heterocycles. The van der Waals surface area contributed by atoms with Crippen molar-refractivity contribution >= 4 is 0 Å². The van der Waals surface area contributed by atoms with E-state index in [0.717, 1.165) is 12.2 Å². The lowest BCUT2D eigenvalue weighted by atomic mass is 9.78. The molecule has 1 fully saturated rings. The van der Waals surface area contributed by atoms with Gasteiger partial charge in [-0.25, -0.2) is 0 Å². The Bertz CT molecular complexity index is 381. The average Bonchev–Trinajstić information content (AvgIpc) is 2.42. The van der Waals surface area contributed by atoms with Crippen LogP contribution in [0.15, 0.2) is 18.3 Å². The number of hydrogen-bond acceptors (Lipinski definition) is 3. The van der Waals surface area contributed by atoms with E-state index in [9.17, 15) is 0 Å². The molecule has 0 saturated carbocycles. The summed E-state index contributed by atoms with van der Waals surface area (Å²) in [6, 6.07) is 4.24. The Balaban J connectivity index is 1.91. The highest BCUT2D eigenvalue weighted by Crippen LogP contribution is 2.34. The van der Waals surface area contributed by atoms with Gasteiger partial charge in [0.25, 0.3) is 0 Å². The molecule has 0 atom stereocenters. The van der Waals surface area contributed by atoms with E-state index in [0.29, 0.717) is 12.0 Å². The van der Waals surface area contributed by atoms with Crippen molar-refractivity contribution in [1.29, 1.82) is 0 Å². The second-order valence-corrected chi connectivity index (χ2v) is 5.80. The zero-order valence-electron chi connectivity index (χ0n) is 11.7. The molecule has 3 nitrogen and oxygen atoms in total. The predicted molar refractivity (Wildman–Crippen MR) is 75.0 cm³/mol. The normalized spacial score (nSPS) is 19.9. The van der Waals surface area contributed by atoms with E-state index >= 15 is 0 Å². The van der Waals surface area contributed by atoms with E-state index in [1.807, 2.05) is 6.20 Å². The SMILES string of the molecule is CCC1(C)CCN(Cc2ccnc(CN)c2)CC1. The van der Waals surface area contributed by atoms with E-state index in [4.69, 9.17) is 5.73 Å². The molecule has 1 saturated heterocycles. The van der Waals surface area contributed by atoms with E-state index < -0.39 is 0 Å². The largest absolute Gasteiger partial charge is 0.325 e. The maximum Gasteiger partial charge on any atom is 0.0542 e. The summed E-state index contributed by atoms with van der Waals surface area (Å²) < 4.78 is 0. The Labute approximate surface area is 110 Å². The molecule has 0 amide bonds. The van der Waals surface area contributed by atoms with Crippen LogP contribution in [0.25, 0.3) is 0 Å². The Morgan fingerprint density at radius 3 is 2.72 bits per heavy atom. The standard InChI is InChI=1S/C15H25N3/c1-3-15(2)5-8-18(9-6-15)12-13-4-7-17-14(10-13)11-16/h4,7,10H,3,5-6,8-9,11-12,16H2,1-2H3. The van der Waals surface area contributed by atoms with E-state index in [2.05, 4.69) is 35.9 Å². The van der Waals surface area contributed by atoms with Crippen LogP contribution >= 0.6 is 0 Å². The molecule has 0 radical (unpaired) electrons. The quantitative estimate of drug-likeness (QED) is 0.889. The van der Waals surface area contributed by atoms with E-state index in [-0.39, 0.29) is 0 Å². The molecule has 1 aromatic heterocycles. The topological polar surface area (TPSA) is 42.2 Å². The first-order valence-electron chi connectivity index (χ1n) is 7.01. The Kier molecular flexibility index (Phi) is 4.36. The van der Waals surface area contributed by atoms with Gasteiger partial charge < -0.3 is 5.73 Å². The monoisotopic (exact) mass is 247 g/mol. The van der Waals surface area contributed by atoms with Crippen LogP contribution < -0.4 is 5.73 Å². The van der Waals surface area contributed by atoms with Gasteiger partial charge in [-0.05, 0) is 49.0 Å². The zero-order valence-corrected chi connectivity index (χ0v) is 11.7. The van der Waals surface area contributed by atoms with Gasteiger partial charge >= 0.3 is 0 Å². The maximum absolute atomic E-state index is 5.63. The molecule has 3 heteroatoms. The lowest BCUT2D eigenvalue weighted by Gasteiger charge is -2.39. The minimum atomic E-state index is 0.530. The first-order valence-corrected chi connectivity index (χ1v) is 7.01. The Morgan fingerprint density at radius 1 is 1.39 bits per heavy atom. The van der Waals surface area contributed by atoms with Gasteiger partial charge in [-0.15, -0.1) is 0 Å². The molecule has 18 heavy (non-hydrogen) atoms. The van der Waals surface area contributed by atoms with Gasteiger partial charge in [0.15, 0.2) is 0 Å². The van der Waals surface area contributed by atoms with Crippen molar-refractivity contribution in [2.24, 2.45) is 11.1 Å². The van der Waals surface area contributed by atoms with Gasteiger partial charge in [0, 0.05) is 19.3 Å². The number of hydrogen-bond donors (Lipinski definition) is 1. The van der Waals surface area contributed by atoms with Crippen LogP contribution in [0.4, 0.5) is 0 Å². The lowest BCUT2D eigenvalue weighted by molar-refractivity contribution is 0.109. The summed E-state index contributed by atoms with van der Waals surface area (Å²) >= 11 is 0. The molecule has 100 valence electrons. The van der Waals surface area contributed by atoms with Crippen LogP contribution in [0.2, 0.25) is 0 Å². The highest BCUT2D eigenvalue weighted by Gasteiger charge is 2.27. The molecule has 1 aromatic rings. The molecule has 2 heterocycles. The van der Waals surface area contributed by atoms with Crippen molar-refractivity contribution in [3.05, 3.63) is 29.6 Å². The highest BCUT2D eigenvalue weighted by atomic mass is 15.1. The maximum atomic E-state index is 5.63. The van der Waals surface area contributed by atoms with Crippen LogP contribution in [-0.4, -0.2) is 23.0 Å². The zero-order chi connectivity index (χ0) is 13.0. The molecule has 0 spiro atoms. The van der Waals surface area contributed by atoms with Gasteiger partial charge in [0.1, 0.15) is 0 Å². The second kappa shape index (κ2) is 5.81. The van der Waals surface area contributed by atoms with Crippen molar-refractivity contribution in [1.82, 2.24) is 9.88 Å². The number of rotatable bonds is 4. The summed E-state index contributed by atoms with van der Waals surface area (Å²) in [5.41, 5.74) is 8.52. The van der Waals surface area contributed by atoms with Crippen LogP contribution in [0.1, 0.15) is 44.4 Å². The molecular weight excluding hydrogens is 222 g/mol. The fourth-order valence-corrected chi connectivity index (χ4v) is 2.60. The summed E-state index contributed by atoms with van der Waals surface area (Å²) in [6.07, 6.45) is 5.81. The third-order valence-corrected chi connectivity index (χ3v) is 4.41. The number of nitrogens with two attached hydrogens (primary N) is 1. The predicted octanol–water partition coefficient (Wildman–Crippen LogP) is 2.55. The molecule has 0 aromatic carbocycles. The van der Waals surface area contributed by atoms with Crippen molar-refractivity contribution < 1.29 is 0 Å². The van der Waals surface area contributed by atoms with E-state index in [1.54, 1.807) is 0 Å². The summed E-state index contributed by atoms with van der Waals surface area (Å²) in [7, 11) is 0. The molecule has 2 rings (SSSR count). The third kappa shape index (κ3) is 3.30. The van der Waals surface area contributed by atoms with Crippen LogP contribution in [0.3, 0.4) is 0 Å².